The van der Waals surface area contributed by atoms with E-state index < -0.39 is 0 Å². The van der Waals surface area contributed by atoms with Crippen molar-refractivity contribution in [3.05, 3.63) is 59.7 Å². The largest absolute Gasteiger partial charge is 0.496 e. The number of aliphatic imine (C=N–C) groups is 1. The molecule has 0 aliphatic heterocycles. The lowest BCUT2D eigenvalue weighted by Gasteiger charge is -2.13. The van der Waals surface area contributed by atoms with Crippen molar-refractivity contribution in [2.45, 2.75) is 13.0 Å². The van der Waals surface area contributed by atoms with E-state index in [2.05, 4.69) is 21.7 Å². The van der Waals surface area contributed by atoms with Crippen LogP contribution in [-0.2, 0) is 17.7 Å². The fourth-order valence-electron chi connectivity index (χ4n) is 2.58. The van der Waals surface area contributed by atoms with E-state index in [-0.39, 0.29) is 0 Å². The Hall–Kier alpha value is -2.73. The Kier molecular flexibility index (Phi) is 9.00. The molecule has 0 amide bonds. The third-order valence-electron chi connectivity index (χ3n) is 4.04. The van der Waals surface area contributed by atoms with E-state index in [4.69, 9.17) is 14.2 Å². The maximum Gasteiger partial charge on any atom is 0.191 e. The van der Waals surface area contributed by atoms with Crippen molar-refractivity contribution in [1.29, 1.82) is 0 Å². The molecule has 0 atom stereocenters. The third-order valence-corrected chi connectivity index (χ3v) is 4.04. The minimum absolute atomic E-state index is 0.552. The highest BCUT2D eigenvalue weighted by Crippen LogP contribution is 2.17. The molecule has 0 saturated heterocycles. The topological polar surface area (TPSA) is 64.1 Å². The van der Waals surface area contributed by atoms with Crippen LogP contribution in [0.5, 0.6) is 11.5 Å². The highest BCUT2D eigenvalue weighted by atomic mass is 16.5. The Balaban J connectivity index is 1.75. The molecule has 0 heterocycles. The lowest BCUT2D eigenvalue weighted by atomic mass is 10.1. The molecule has 0 spiro atoms. The second-order valence-electron chi connectivity index (χ2n) is 5.90. The Bertz CT molecular complexity index is 702. The number of benzene rings is 2. The predicted molar refractivity (Wildman–Crippen MR) is 109 cm³/mol. The van der Waals surface area contributed by atoms with Gasteiger partial charge >= 0.3 is 0 Å². The average Bonchev–Trinajstić information content (AvgIpc) is 2.72. The van der Waals surface area contributed by atoms with E-state index in [1.807, 2.05) is 42.5 Å². The van der Waals surface area contributed by atoms with Gasteiger partial charge in [0.1, 0.15) is 18.1 Å². The quantitative estimate of drug-likeness (QED) is 0.382. The molecular formula is C21H29N3O3. The Morgan fingerprint density at radius 3 is 2.44 bits per heavy atom. The first kappa shape index (κ1) is 20.6. The van der Waals surface area contributed by atoms with Crippen LogP contribution in [0.4, 0.5) is 0 Å². The maximum absolute atomic E-state index is 5.57. The SMILES string of the molecule is CN=C(NCCc1ccccc1OC)NCc1ccc(OCCOC)cc1. The van der Waals surface area contributed by atoms with Crippen molar-refractivity contribution in [2.75, 3.05) is 41.0 Å². The van der Waals surface area contributed by atoms with Crippen LogP contribution < -0.4 is 20.1 Å². The van der Waals surface area contributed by atoms with E-state index in [0.717, 1.165) is 36.0 Å². The zero-order valence-corrected chi connectivity index (χ0v) is 16.3. The molecule has 2 rings (SSSR count). The third kappa shape index (κ3) is 7.19. The molecule has 0 fully saturated rings. The maximum atomic E-state index is 5.57. The summed E-state index contributed by atoms with van der Waals surface area (Å²) < 4.78 is 15.9. The summed E-state index contributed by atoms with van der Waals surface area (Å²) in [5.74, 6) is 2.52. The highest BCUT2D eigenvalue weighted by Gasteiger charge is 2.03. The first-order valence-electron chi connectivity index (χ1n) is 9.04. The molecule has 0 saturated carbocycles. The minimum Gasteiger partial charge on any atom is -0.496 e. The first-order chi connectivity index (χ1) is 13.3. The van der Waals surface area contributed by atoms with Gasteiger partial charge in [-0.15, -0.1) is 0 Å². The fraction of sp³-hybridized carbons (Fsp3) is 0.381. The summed E-state index contributed by atoms with van der Waals surface area (Å²) in [4.78, 5) is 4.27. The summed E-state index contributed by atoms with van der Waals surface area (Å²) in [6.07, 6.45) is 0.859. The van der Waals surface area contributed by atoms with Crippen molar-refractivity contribution in [2.24, 2.45) is 4.99 Å². The molecule has 0 aromatic heterocycles. The van der Waals surface area contributed by atoms with Crippen molar-refractivity contribution >= 4 is 5.96 Å². The molecule has 0 bridgehead atoms. The summed E-state index contributed by atoms with van der Waals surface area (Å²) in [6.45, 7) is 2.59. The lowest BCUT2D eigenvalue weighted by Crippen LogP contribution is -2.37. The van der Waals surface area contributed by atoms with Crippen molar-refractivity contribution in [3.8, 4) is 11.5 Å². The van der Waals surface area contributed by atoms with Crippen LogP contribution in [0.25, 0.3) is 0 Å². The predicted octanol–water partition coefficient (Wildman–Crippen LogP) is 2.63. The summed E-state index contributed by atoms with van der Waals surface area (Å²) >= 11 is 0. The van der Waals surface area contributed by atoms with Crippen LogP contribution in [0.2, 0.25) is 0 Å². The molecule has 0 aliphatic rings. The van der Waals surface area contributed by atoms with Gasteiger partial charge in [0.05, 0.1) is 13.7 Å². The van der Waals surface area contributed by atoms with E-state index in [0.29, 0.717) is 19.8 Å². The van der Waals surface area contributed by atoms with Gasteiger partial charge in [0.15, 0.2) is 5.96 Å². The summed E-state index contributed by atoms with van der Waals surface area (Å²) in [5, 5.41) is 6.65. The second-order valence-corrected chi connectivity index (χ2v) is 5.90. The molecule has 2 N–H and O–H groups in total. The smallest absolute Gasteiger partial charge is 0.191 e. The number of hydrogen-bond donors (Lipinski definition) is 2. The van der Waals surface area contributed by atoms with Crippen LogP contribution in [0.15, 0.2) is 53.5 Å². The molecule has 2 aromatic rings. The van der Waals surface area contributed by atoms with Crippen LogP contribution in [0.1, 0.15) is 11.1 Å². The molecular weight excluding hydrogens is 342 g/mol. The average molecular weight is 371 g/mol. The van der Waals surface area contributed by atoms with Crippen LogP contribution in [0.3, 0.4) is 0 Å². The Labute approximate surface area is 161 Å². The second kappa shape index (κ2) is 11.8. The summed E-state index contributed by atoms with van der Waals surface area (Å²) in [7, 11) is 5.13. The Morgan fingerprint density at radius 2 is 1.74 bits per heavy atom. The van der Waals surface area contributed by atoms with Crippen molar-refractivity contribution < 1.29 is 14.2 Å². The van der Waals surface area contributed by atoms with Crippen molar-refractivity contribution in [1.82, 2.24) is 10.6 Å². The monoisotopic (exact) mass is 371 g/mol. The van der Waals surface area contributed by atoms with Gasteiger partial charge in [-0.1, -0.05) is 30.3 Å². The molecule has 146 valence electrons. The Morgan fingerprint density at radius 1 is 0.963 bits per heavy atom. The standard InChI is InChI=1S/C21H29N3O3/c1-22-21(23-13-12-18-6-4-5-7-20(18)26-3)24-16-17-8-10-19(11-9-17)27-15-14-25-2/h4-11H,12-16H2,1-3H3,(H2,22,23,24). The van der Waals surface area contributed by atoms with E-state index in [1.54, 1.807) is 21.3 Å². The molecule has 6 nitrogen and oxygen atoms in total. The number of rotatable bonds is 10. The number of hydrogen-bond acceptors (Lipinski definition) is 4. The van der Waals surface area contributed by atoms with E-state index in [9.17, 15) is 0 Å². The molecule has 27 heavy (non-hydrogen) atoms. The number of methoxy groups -OCH3 is 2. The summed E-state index contributed by atoms with van der Waals surface area (Å²) in [5.41, 5.74) is 2.33. The van der Waals surface area contributed by atoms with Crippen molar-refractivity contribution in [3.63, 3.8) is 0 Å². The van der Waals surface area contributed by atoms with Crippen LogP contribution >= 0.6 is 0 Å². The fourth-order valence-corrected chi connectivity index (χ4v) is 2.58. The van der Waals surface area contributed by atoms with Gasteiger partial charge in [0.25, 0.3) is 0 Å². The highest BCUT2D eigenvalue weighted by molar-refractivity contribution is 5.79. The van der Waals surface area contributed by atoms with Gasteiger partial charge in [-0.25, -0.2) is 0 Å². The molecule has 0 unspecified atom stereocenters. The zero-order chi connectivity index (χ0) is 19.3. The number of guanidine groups is 1. The van der Waals surface area contributed by atoms with Gasteiger partial charge in [-0.2, -0.15) is 0 Å². The van der Waals surface area contributed by atoms with E-state index >= 15 is 0 Å². The number of para-hydroxylation sites is 1. The summed E-state index contributed by atoms with van der Waals surface area (Å²) in [6, 6.07) is 16.1. The van der Waals surface area contributed by atoms with Crippen LogP contribution in [0, 0.1) is 0 Å². The van der Waals surface area contributed by atoms with Crippen LogP contribution in [-0.4, -0.2) is 47.0 Å². The zero-order valence-electron chi connectivity index (χ0n) is 16.3. The molecule has 2 aromatic carbocycles. The lowest BCUT2D eigenvalue weighted by molar-refractivity contribution is 0.146. The molecule has 0 aliphatic carbocycles. The van der Waals surface area contributed by atoms with Gasteiger partial charge in [0, 0.05) is 27.2 Å². The minimum atomic E-state index is 0.552. The number of nitrogens with zero attached hydrogens (tertiary/aromatic N) is 1. The number of ether oxygens (including phenoxy) is 3. The van der Waals surface area contributed by atoms with Gasteiger partial charge in [-0.05, 0) is 35.7 Å². The normalized spacial score (nSPS) is 11.1. The first-order valence-corrected chi connectivity index (χ1v) is 9.04. The van der Waals surface area contributed by atoms with Gasteiger partial charge < -0.3 is 24.8 Å². The van der Waals surface area contributed by atoms with E-state index in [1.165, 1.54) is 5.56 Å². The van der Waals surface area contributed by atoms with Gasteiger partial charge in [-0.3, -0.25) is 4.99 Å². The van der Waals surface area contributed by atoms with Gasteiger partial charge in [0.2, 0.25) is 0 Å². The molecule has 6 heteroatoms. The number of nitrogens with one attached hydrogen (secondary N) is 2. The molecule has 0 radical (unpaired) electrons.